The van der Waals surface area contributed by atoms with E-state index in [-0.39, 0.29) is 5.91 Å². The highest BCUT2D eigenvalue weighted by molar-refractivity contribution is 7.14. The number of nitrogens with one attached hydrogen (secondary N) is 1. The molecule has 0 saturated carbocycles. The molecule has 0 unspecified atom stereocenters. The van der Waals surface area contributed by atoms with Gasteiger partial charge in [-0.1, -0.05) is 6.92 Å². The Bertz CT molecular complexity index is 914. The van der Waals surface area contributed by atoms with Crippen molar-refractivity contribution in [3.8, 4) is 11.3 Å². The molecule has 1 N–H and O–H groups in total. The third-order valence-electron chi connectivity index (χ3n) is 4.06. The smallest absolute Gasteiger partial charge is 0.263 e. The van der Waals surface area contributed by atoms with Gasteiger partial charge >= 0.3 is 0 Å². The summed E-state index contributed by atoms with van der Waals surface area (Å²) >= 11 is 1.37. The van der Waals surface area contributed by atoms with Crippen LogP contribution >= 0.6 is 11.3 Å². The summed E-state index contributed by atoms with van der Waals surface area (Å²) in [5.74, 6) is -0.345. The number of rotatable bonds is 5. The number of carbonyl (C=O) groups is 1. The molecule has 0 radical (unpaired) electrons. The predicted molar refractivity (Wildman–Crippen MR) is 98.7 cm³/mol. The lowest BCUT2D eigenvalue weighted by Crippen LogP contribution is -2.27. The summed E-state index contributed by atoms with van der Waals surface area (Å²) < 4.78 is 2.88. The third-order valence-corrected chi connectivity index (χ3v) is 4.82. The largest absolute Gasteiger partial charge is 0.619 e. The number of nitrogens with zero attached hydrogens (tertiary/aromatic N) is 3. The second kappa shape index (κ2) is 7.06. The summed E-state index contributed by atoms with van der Waals surface area (Å²) in [6, 6.07) is 5.26. The first-order valence-corrected chi connectivity index (χ1v) is 9.00. The molecule has 0 aliphatic rings. The van der Waals surface area contributed by atoms with Crippen molar-refractivity contribution in [2.24, 2.45) is 0 Å². The zero-order valence-corrected chi connectivity index (χ0v) is 15.3. The molecular formula is C18H20N4O2S. The third kappa shape index (κ3) is 3.56. The molecule has 130 valence electrons. The fourth-order valence-electron chi connectivity index (χ4n) is 2.84. The Balaban J connectivity index is 1.81. The van der Waals surface area contributed by atoms with E-state index in [9.17, 15) is 10.0 Å². The van der Waals surface area contributed by atoms with Crippen LogP contribution in [0.1, 0.15) is 35.1 Å². The van der Waals surface area contributed by atoms with Crippen LogP contribution in [0.5, 0.6) is 0 Å². The van der Waals surface area contributed by atoms with Crippen LogP contribution in [0.4, 0.5) is 5.13 Å². The fourth-order valence-corrected chi connectivity index (χ4v) is 3.55. The van der Waals surface area contributed by atoms with Crippen LogP contribution in [0, 0.1) is 19.1 Å². The van der Waals surface area contributed by atoms with Crippen molar-refractivity contribution in [3.05, 3.63) is 58.1 Å². The first-order valence-electron chi connectivity index (χ1n) is 8.12. The first-order chi connectivity index (χ1) is 12.0. The van der Waals surface area contributed by atoms with E-state index in [0.29, 0.717) is 15.4 Å². The van der Waals surface area contributed by atoms with E-state index < -0.39 is 0 Å². The number of thiazole rings is 1. The lowest BCUT2D eigenvalue weighted by Gasteiger charge is -2.07. The number of aryl methyl sites for hydroxylation is 1. The van der Waals surface area contributed by atoms with Crippen LogP contribution in [0.2, 0.25) is 0 Å². The van der Waals surface area contributed by atoms with Gasteiger partial charge in [0, 0.05) is 34.9 Å². The Morgan fingerprint density at radius 2 is 2.24 bits per heavy atom. The Morgan fingerprint density at radius 1 is 1.44 bits per heavy atom. The number of anilines is 1. The van der Waals surface area contributed by atoms with Crippen molar-refractivity contribution in [3.63, 3.8) is 0 Å². The zero-order chi connectivity index (χ0) is 18.0. The van der Waals surface area contributed by atoms with Gasteiger partial charge in [-0.3, -0.25) is 10.1 Å². The van der Waals surface area contributed by atoms with E-state index in [2.05, 4.69) is 41.7 Å². The number of hydrogen-bond acceptors (Lipinski definition) is 4. The lowest BCUT2D eigenvalue weighted by atomic mass is 10.2. The Hall–Kier alpha value is -2.67. The Labute approximate surface area is 150 Å². The number of carbonyl (C=O) groups excluding carboxylic acids is 1. The zero-order valence-electron chi connectivity index (χ0n) is 14.4. The van der Waals surface area contributed by atoms with Crippen LogP contribution < -0.4 is 10.0 Å². The highest BCUT2D eigenvalue weighted by Crippen LogP contribution is 2.30. The minimum atomic E-state index is -0.345. The normalized spacial score (nSPS) is 10.8. The number of amides is 1. The molecule has 3 aromatic heterocycles. The lowest BCUT2D eigenvalue weighted by molar-refractivity contribution is -0.605. The summed E-state index contributed by atoms with van der Waals surface area (Å²) in [5, 5.41) is 16.5. The Kier molecular flexibility index (Phi) is 4.85. The topological polar surface area (TPSA) is 73.9 Å². The maximum absolute atomic E-state index is 12.2. The standard InChI is InChI=1S/C18H20N4O2S/c1-4-7-22-12(2)9-15(13(22)3)16-11-25-18(19-16)20-17(23)14-6-5-8-21(24)10-14/h5-6,8-11H,4,7H2,1-3H3,(H,19,20,23). The molecule has 6 nitrogen and oxygen atoms in total. The fraction of sp³-hybridized carbons (Fsp3) is 0.278. The average molecular weight is 356 g/mol. The summed E-state index contributed by atoms with van der Waals surface area (Å²) in [6.45, 7) is 7.32. The van der Waals surface area contributed by atoms with E-state index in [1.54, 1.807) is 6.07 Å². The molecule has 7 heteroatoms. The summed E-state index contributed by atoms with van der Waals surface area (Å²) in [7, 11) is 0. The molecule has 0 aliphatic heterocycles. The van der Waals surface area contributed by atoms with Crippen LogP contribution in [0.15, 0.2) is 36.0 Å². The van der Waals surface area contributed by atoms with Gasteiger partial charge in [-0.05, 0) is 32.4 Å². The molecule has 25 heavy (non-hydrogen) atoms. The predicted octanol–water partition coefficient (Wildman–Crippen LogP) is 3.52. The van der Waals surface area contributed by atoms with Crippen LogP contribution in [0.3, 0.4) is 0 Å². The molecule has 1 amide bonds. The van der Waals surface area contributed by atoms with Crippen molar-refractivity contribution in [1.82, 2.24) is 9.55 Å². The van der Waals surface area contributed by atoms with Crippen molar-refractivity contribution >= 4 is 22.4 Å². The minimum absolute atomic E-state index is 0.301. The maximum Gasteiger partial charge on any atom is 0.263 e. The summed E-state index contributed by atoms with van der Waals surface area (Å²) in [6.07, 6.45) is 3.65. The number of pyridine rings is 1. The number of aromatic nitrogens is 3. The minimum Gasteiger partial charge on any atom is -0.619 e. The second-order valence-corrected chi connectivity index (χ2v) is 6.74. The van der Waals surface area contributed by atoms with E-state index in [4.69, 9.17) is 0 Å². The van der Waals surface area contributed by atoms with Gasteiger partial charge in [0.1, 0.15) is 5.56 Å². The maximum atomic E-state index is 12.2. The first kappa shape index (κ1) is 17.2. The molecule has 0 saturated heterocycles. The molecule has 0 aromatic carbocycles. The quantitative estimate of drug-likeness (QED) is 0.561. The molecule has 0 spiro atoms. The van der Waals surface area contributed by atoms with Crippen LogP contribution in [-0.4, -0.2) is 15.5 Å². The molecule has 3 rings (SSSR count). The van der Waals surface area contributed by atoms with Gasteiger partial charge in [0.05, 0.1) is 5.69 Å². The Morgan fingerprint density at radius 3 is 2.96 bits per heavy atom. The highest BCUT2D eigenvalue weighted by Gasteiger charge is 2.15. The second-order valence-electron chi connectivity index (χ2n) is 5.88. The van der Waals surface area contributed by atoms with E-state index >= 15 is 0 Å². The van der Waals surface area contributed by atoms with E-state index in [1.807, 2.05) is 5.38 Å². The van der Waals surface area contributed by atoms with Crippen molar-refractivity contribution in [1.29, 1.82) is 0 Å². The molecular weight excluding hydrogens is 336 g/mol. The van der Waals surface area contributed by atoms with Crippen LogP contribution in [0.25, 0.3) is 11.3 Å². The van der Waals surface area contributed by atoms with Gasteiger partial charge in [0.25, 0.3) is 5.91 Å². The monoisotopic (exact) mass is 356 g/mol. The average Bonchev–Trinajstić information content (AvgIpc) is 3.14. The number of hydrogen-bond donors (Lipinski definition) is 1. The molecule has 0 aliphatic carbocycles. The molecule has 0 fully saturated rings. The van der Waals surface area contributed by atoms with Gasteiger partial charge in [0.15, 0.2) is 17.5 Å². The molecule has 0 atom stereocenters. The van der Waals surface area contributed by atoms with Crippen molar-refractivity contribution < 1.29 is 9.52 Å². The van der Waals surface area contributed by atoms with Crippen molar-refractivity contribution in [2.75, 3.05) is 5.32 Å². The molecule has 3 aromatic rings. The molecule has 3 heterocycles. The molecule has 0 bridgehead atoms. The van der Waals surface area contributed by atoms with E-state index in [1.165, 1.54) is 41.2 Å². The summed E-state index contributed by atoms with van der Waals surface area (Å²) in [4.78, 5) is 16.8. The van der Waals surface area contributed by atoms with Gasteiger partial charge in [-0.15, -0.1) is 11.3 Å². The van der Waals surface area contributed by atoms with Crippen LogP contribution in [-0.2, 0) is 6.54 Å². The van der Waals surface area contributed by atoms with Gasteiger partial charge < -0.3 is 9.77 Å². The highest BCUT2D eigenvalue weighted by atomic mass is 32.1. The van der Waals surface area contributed by atoms with E-state index in [0.717, 1.165) is 24.2 Å². The summed E-state index contributed by atoms with van der Waals surface area (Å²) in [5.41, 5.74) is 4.62. The van der Waals surface area contributed by atoms with Gasteiger partial charge in [0.2, 0.25) is 0 Å². The van der Waals surface area contributed by atoms with Gasteiger partial charge in [-0.2, -0.15) is 4.73 Å². The van der Waals surface area contributed by atoms with Crippen molar-refractivity contribution in [2.45, 2.75) is 33.7 Å². The van der Waals surface area contributed by atoms with Gasteiger partial charge in [-0.25, -0.2) is 4.98 Å². The SMILES string of the molecule is CCCn1c(C)cc(-c2csc(NC(=O)c3ccc[n+]([O-])c3)n2)c1C.